The van der Waals surface area contributed by atoms with Crippen LogP contribution in [0.4, 0.5) is 0 Å². The van der Waals surface area contributed by atoms with Crippen molar-refractivity contribution in [2.45, 2.75) is 98.0 Å². The molecule has 0 saturated heterocycles. The van der Waals surface area contributed by atoms with Crippen molar-refractivity contribution >= 4 is 5.97 Å². The third-order valence-corrected chi connectivity index (χ3v) is 4.09. The molecule has 0 bridgehead atoms. The number of esters is 1. The highest BCUT2D eigenvalue weighted by Crippen LogP contribution is 2.11. The molecule has 0 aliphatic heterocycles. The Bertz CT molecular complexity index is 379. The zero-order valence-electron chi connectivity index (χ0n) is 16.3. The van der Waals surface area contributed by atoms with Crippen molar-refractivity contribution in [1.82, 2.24) is 0 Å². The molecule has 0 aliphatic carbocycles. The predicted molar refractivity (Wildman–Crippen MR) is 102 cm³/mol. The third kappa shape index (κ3) is 15.8. The Balaban J connectivity index is 3.69. The molecule has 0 aromatic carbocycles. The first-order valence-corrected chi connectivity index (χ1v) is 9.58. The van der Waals surface area contributed by atoms with Gasteiger partial charge in [0.15, 0.2) is 0 Å². The summed E-state index contributed by atoms with van der Waals surface area (Å²) in [5.41, 5.74) is 2.57. The molecule has 140 valence electrons. The Kier molecular flexibility index (Phi) is 14.7. The van der Waals surface area contributed by atoms with E-state index in [0.717, 1.165) is 25.7 Å². The van der Waals surface area contributed by atoms with Gasteiger partial charge in [-0.2, -0.15) is 0 Å². The van der Waals surface area contributed by atoms with Crippen molar-refractivity contribution in [1.29, 1.82) is 0 Å². The van der Waals surface area contributed by atoms with Gasteiger partial charge in [0.25, 0.3) is 0 Å². The summed E-state index contributed by atoms with van der Waals surface area (Å²) in [6, 6.07) is 0. The van der Waals surface area contributed by atoms with E-state index >= 15 is 0 Å². The minimum atomic E-state index is -0.375. The number of rotatable bonds is 14. The van der Waals surface area contributed by atoms with Gasteiger partial charge < -0.3 is 9.84 Å². The standard InChI is InChI=1S/C21H38O3/c1-5-6-7-8-9-13-20(22)14-15-21(23)24-17-16-19(4)12-10-11-18(2)3/h11,16,20,22H,5-10,12-15,17H2,1-4H3/b19-16+. The van der Waals surface area contributed by atoms with Crippen molar-refractivity contribution in [3.63, 3.8) is 0 Å². The zero-order chi connectivity index (χ0) is 18.2. The fraction of sp³-hybridized carbons (Fsp3) is 0.762. The SMILES string of the molecule is CCCCCCCC(O)CCC(=O)OC/C=C(\C)CCC=C(C)C. The molecular formula is C21H38O3. The van der Waals surface area contributed by atoms with E-state index in [2.05, 4.69) is 33.8 Å². The summed E-state index contributed by atoms with van der Waals surface area (Å²) in [5.74, 6) is -0.214. The monoisotopic (exact) mass is 338 g/mol. The summed E-state index contributed by atoms with van der Waals surface area (Å²) < 4.78 is 5.21. The molecular weight excluding hydrogens is 300 g/mol. The Morgan fingerprint density at radius 1 is 1.00 bits per heavy atom. The first kappa shape index (κ1) is 22.9. The number of ether oxygens (including phenoxy) is 1. The summed E-state index contributed by atoms with van der Waals surface area (Å²) in [4.78, 5) is 11.7. The smallest absolute Gasteiger partial charge is 0.306 e. The van der Waals surface area contributed by atoms with E-state index in [0.29, 0.717) is 19.4 Å². The van der Waals surface area contributed by atoms with Gasteiger partial charge in [-0.05, 0) is 52.5 Å². The lowest BCUT2D eigenvalue weighted by molar-refractivity contribution is -0.143. The van der Waals surface area contributed by atoms with E-state index in [4.69, 9.17) is 4.74 Å². The second-order valence-corrected chi connectivity index (χ2v) is 6.95. The Labute approximate surface area is 149 Å². The van der Waals surface area contributed by atoms with E-state index in [9.17, 15) is 9.90 Å². The van der Waals surface area contributed by atoms with Crippen LogP contribution < -0.4 is 0 Å². The normalized spacial score (nSPS) is 12.8. The Hall–Kier alpha value is -1.09. The highest BCUT2D eigenvalue weighted by atomic mass is 16.5. The Morgan fingerprint density at radius 2 is 1.71 bits per heavy atom. The number of hydrogen-bond acceptors (Lipinski definition) is 3. The number of carbonyl (C=O) groups is 1. The van der Waals surface area contributed by atoms with Gasteiger partial charge >= 0.3 is 5.97 Å². The quantitative estimate of drug-likeness (QED) is 0.250. The van der Waals surface area contributed by atoms with Crippen LogP contribution in [0.3, 0.4) is 0 Å². The van der Waals surface area contributed by atoms with Crippen molar-refractivity contribution in [3.05, 3.63) is 23.3 Å². The molecule has 0 fully saturated rings. The molecule has 0 amide bonds. The summed E-state index contributed by atoms with van der Waals surface area (Å²) in [5, 5.41) is 9.88. The number of aliphatic hydroxyl groups is 1. The van der Waals surface area contributed by atoms with Gasteiger partial charge in [0, 0.05) is 6.42 Å². The summed E-state index contributed by atoms with van der Waals surface area (Å²) in [7, 11) is 0. The van der Waals surface area contributed by atoms with Gasteiger partial charge in [0.1, 0.15) is 6.61 Å². The summed E-state index contributed by atoms with van der Waals surface area (Å²) in [6.45, 7) is 8.79. The maximum atomic E-state index is 11.7. The van der Waals surface area contributed by atoms with Gasteiger partial charge in [-0.3, -0.25) is 4.79 Å². The van der Waals surface area contributed by atoms with Gasteiger partial charge in [-0.1, -0.05) is 56.3 Å². The minimum Gasteiger partial charge on any atom is -0.461 e. The summed E-state index contributed by atoms with van der Waals surface area (Å²) >= 11 is 0. The van der Waals surface area contributed by atoms with Gasteiger partial charge in [-0.25, -0.2) is 0 Å². The van der Waals surface area contributed by atoms with Crippen molar-refractivity contribution < 1.29 is 14.6 Å². The molecule has 0 aromatic heterocycles. The lowest BCUT2D eigenvalue weighted by Crippen LogP contribution is -2.12. The maximum absolute atomic E-state index is 11.7. The number of carbonyl (C=O) groups excluding carboxylic acids is 1. The van der Waals surface area contributed by atoms with Crippen LogP contribution >= 0.6 is 0 Å². The molecule has 1 atom stereocenters. The lowest BCUT2D eigenvalue weighted by atomic mass is 10.1. The largest absolute Gasteiger partial charge is 0.461 e. The average molecular weight is 339 g/mol. The first-order valence-electron chi connectivity index (χ1n) is 9.58. The molecule has 3 heteroatoms. The number of aliphatic hydroxyl groups excluding tert-OH is 1. The van der Waals surface area contributed by atoms with Crippen molar-refractivity contribution in [2.24, 2.45) is 0 Å². The molecule has 0 saturated carbocycles. The highest BCUT2D eigenvalue weighted by Gasteiger charge is 2.08. The van der Waals surface area contributed by atoms with Crippen LogP contribution in [0, 0.1) is 0 Å². The van der Waals surface area contributed by atoms with Crippen molar-refractivity contribution in [2.75, 3.05) is 6.61 Å². The number of unbranched alkanes of at least 4 members (excludes halogenated alkanes) is 4. The Morgan fingerprint density at radius 3 is 2.38 bits per heavy atom. The molecule has 0 radical (unpaired) electrons. The molecule has 0 rings (SSSR count). The lowest BCUT2D eigenvalue weighted by Gasteiger charge is -2.10. The van der Waals surface area contributed by atoms with Crippen LogP contribution in [0.5, 0.6) is 0 Å². The topological polar surface area (TPSA) is 46.5 Å². The van der Waals surface area contributed by atoms with E-state index in [1.807, 2.05) is 6.08 Å². The molecule has 24 heavy (non-hydrogen) atoms. The fourth-order valence-electron chi connectivity index (χ4n) is 2.45. The second-order valence-electron chi connectivity index (χ2n) is 6.95. The van der Waals surface area contributed by atoms with Crippen LogP contribution in [-0.4, -0.2) is 23.8 Å². The number of hydrogen-bond donors (Lipinski definition) is 1. The van der Waals surface area contributed by atoms with Gasteiger partial charge in [0.2, 0.25) is 0 Å². The molecule has 0 heterocycles. The number of allylic oxidation sites excluding steroid dienone is 3. The van der Waals surface area contributed by atoms with Crippen LogP contribution in [-0.2, 0) is 9.53 Å². The zero-order valence-corrected chi connectivity index (χ0v) is 16.3. The fourth-order valence-corrected chi connectivity index (χ4v) is 2.45. The molecule has 3 nitrogen and oxygen atoms in total. The molecule has 1 N–H and O–H groups in total. The third-order valence-electron chi connectivity index (χ3n) is 4.09. The summed E-state index contributed by atoms with van der Waals surface area (Å²) in [6.07, 6.45) is 13.4. The van der Waals surface area contributed by atoms with E-state index in [-0.39, 0.29) is 12.1 Å². The average Bonchev–Trinajstić information content (AvgIpc) is 2.52. The van der Waals surface area contributed by atoms with Crippen LogP contribution in [0.2, 0.25) is 0 Å². The minimum absolute atomic E-state index is 0.214. The van der Waals surface area contributed by atoms with Crippen molar-refractivity contribution in [3.8, 4) is 0 Å². The molecule has 1 unspecified atom stereocenters. The maximum Gasteiger partial charge on any atom is 0.306 e. The van der Waals surface area contributed by atoms with Gasteiger partial charge in [-0.15, -0.1) is 0 Å². The van der Waals surface area contributed by atoms with Gasteiger partial charge in [0.05, 0.1) is 6.10 Å². The van der Waals surface area contributed by atoms with E-state index < -0.39 is 0 Å². The van der Waals surface area contributed by atoms with E-state index in [1.54, 1.807) is 0 Å². The molecule has 0 aromatic rings. The van der Waals surface area contributed by atoms with Crippen LogP contribution in [0.15, 0.2) is 23.3 Å². The van der Waals surface area contributed by atoms with Crippen LogP contribution in [0.1, 0.15) is 91.9 Å². The first-order chi connectivity index (χ1) is 11.5. The van der Waals surface area contributed by atoms with E-state index in [1.165, 1.54) is 36.8 Å². The second kappa shape index (κ2) is 15.4. The predicted octanol–water partition coefficient (Wildman–Crippen LogP) is 5.72. The highest BCUT2D eigenvalue weighted by molar-refractivity contribution is 5.69. The molecule has 0 aliphatic rings. The van der Waals surface area contributed by atoms with Crippen LogP contribution in [0.25, 0.3) is 0 Å². The molecule has 0 spiro atoms.